The van der Waals surface area contributed by atoms with Crippen LogP contribution in [-0.4, -0.2) is 27.7 Å². The number of nitrogens with zero attached hydrogens (tertiary/aromatic N) is 2. The summed E-state index contributed by atoms with van der Waals surface area (Å²) in [5.74, 6) is 1.25. The van der Waals surface area contributed by atoms with Crippen molar-refractivity contribution in [1.82, 2.24) is 14.7 Å². The van der Waals surface area contributed by atoms with Gasteiger partial charge in [0.1, 0.15) is 5.75 Å². The first-order chi connectivity index (χ1) is 17.6. The van der Waals surface area contributed by atoms with Crippen LogP contribution in [0.3, 0.4) is 0 Å². The Balaban J connectivity index is 1.14. The van der Waals surface area contributed by atoms with Crippen LogP contribution < -0.4 is 9.46 Å². The highest BCUT2D eigenvalue weighted by molar-refractivity contribution is 7.98. The molecule has 0 saturated heterocycles. The number of aromatic nitrogens is 2. The Morgan fingerprint density at radius 1 is 1.08 bits per heavy atom. The van der Waals surface area contributed by atoms with Gasteiger partial charge >= 0.3 is 0 Å². The van der Waals surface area contributed by atoms with Crippen molar-refractivity contribution in [2.75, 3.05) is 6.61 Å². The molecule has 0 radical (unpaired) electrons. The monoisotopic (exact) mass is 513 g/mol. The van der Waals surface area contributed by atoms with E-state index in [1.165, 1.54) is 18.4 Å². The fourth-order valence-corrected chi connectivity index (χ4v) is 6.05. The summed E-state index contributed by atoms with van der Waals surface area (Å²) in [4.78, 5) is 23.0. The van der Waals surface area contributed by atoms with Crippen LogP contribution in [0.2, 0.25) is 0 Å². The lowest BCUT2D eigenvalue weighted by molar-refractivity contribution is 0.0985. The van der Waals surface area contributed by atoms with Crippen molar-refractivity contribution in [2.45, 2.75) is 37.9 Å². The van der Waals surface area contributed by atoms with Gasteiger partial charge in [-0.25, -0.2) is 4.98 Å². The van der Waals surface area contributed by atoms with Crippen molar-refractivity contribution in [1.29, 1.82) is 0 Å². The zero-order valence-electron chi connectivity index (χ0n) is 20.1. The number of carbonyl (C=O) groups is 1. The average Bonchev–Trinajstić information content (AvgIpc) is 3.65. The van der Waals surface area contributed by atoms with E-state index < -0.39 is 0 Å². The van der Waals surface area contributed by atoms with E-state index in [4.69, 9.17) is 9.72 Å². The molecule has 1 atom stereocenters. The van der Waals surface area contributed by atoms with E-state index in [9.17, 15) is 4.79 Å². The molecule has 1 amide bonds. The van der Waals surface area contributed by atoms with Crippen LogP contribution in [0.1, 0.15) is 39.5 Å². The predicted molar refractivity (Wildman–Crippen MR) is 146 cm³/mol. The molecule has 7 heteroatoms. The molecule has 1 fully saturated rings. The lowest BCUT2D eigenvalue weighted by Gasteiger charge is -2.26. The zero-order valence-corrected chi connectivity index (χ0v) is 21.7. The van der Waals surface area contributed by atoms with Gasteiger partial charge in [-0.3, -0.25) is 14.5 Å². The molecule has 1 aliphatic heterocycles. The minimum absolute atomic E-state index is 0.0369. The zero-order chi connectivity index (χ0) is 24.5. The van der Waals surface area contributed by atoms with Crippen molar-refractivity contribution >= 4 is 29.2 Å². The van der Waals surface area contributed by atoms with Crippen molar-refractivity contribution in [2.24, 2.45) is 5.92 Å². The number of rotatable bonds is 7. The molecule has 1 N–H and O–H groups in total. The Hall–Kier alpha value is -3.16. The number of fused-ring (bicyclic) bond motifs is 1. The lowest BCUT2D eigenvalue weighted by Crippen LogP contribution is -2.23. The molecule has 4 aromatic rings. The predicted octanol–water partition coefficient (Wildman–Crippen LogP) is 6.51. The van der Waals surface area contributed by atoms with Gasteiger partial charge in [-0.05, 0) is 79.4 Å². The number of carbonyl (C=O) groups excluding carboxylic acids is 1. The number of ether oxygens (including phenoxy) is 1. The molecule has 6 rings (SSSR count). The Morgan fingerprint density at radius 3 is 2.72 bits per heavy atom. The second-order valence-corrected chi connectivity index (χ2v) is 11.8. The number of hydrogen-bond donors (Lipinski definition) is 1. The van der Waals surface area contributed by atoms with Gasteiger partial charge in [0, 0.05) is 40.4 Å². The Morgan fingerprint density at radius 2 is 1.94 bits per heavy atom. The van der Waals surface area contributed by atoms with E-state index in [0.717, 1.165) is 50.9 Å². The first-order valence-electron chi connectivity index (χ1n) is 12.3. The number of thiazole rings is 1. The molecule has 3 heterocycles. The number of nitrogens with one attached hydrogen (secondary N) is 1. The van der Waals surface area contributed by atoms with Gasteiger partial charge in [0.15, 0.2) is 0 Å². The lowest BCUT2D eigenvalue weighted by atomic mass is 9.90. The second kappa shape index (κ2) is 10.1. The second-order valence-electron chi connectivity index (χ2n) is 9.48. The molecule has 0 bridgehead atoms. The van der Waals surface area contributed by atoms with Crippen LogP contribution in [0.5, 0.6) is 5.75 Å². The average molecular weight is 514 g/mol. The van der Waals surface area contributed by atoms with Crippen LogP contribution >= 0.6 is 23.3 Å². The smallest absolute Gasteiger partial charge is 0.261 e. The van der Waals surface area contributed by atoms with Crippen molar-refractivity contribution in [3.63, 3.8) is 0 Å². The third-order valence-electron chi connectivity index (χ3n) is 6.60. The van der Waals surface area contributed by atoms with Gasteiger partial charge < -0.3 is 4.74 Å². The summed E-state index contributed by atoms with van der Waals surface area (Å²) in [6, 6.07) is 18.4. The van der Waals surface area contributed by atoms with Crippen LogP contribution in [0.15, 0.2) is 67.0 Å². The topological polar surface area (TPSA) is 64.1 Å². The summed E-state index contributed by atoms with van der Waals surface area (Å²) in [6.07, 6.45) is 8.06. The molecule has 2 aromatic heterocycles. The molecule has 182 valence electrons. The van der Waals surface area contributed by atoms with Crippen molar-refractivity contribution in [3.05, 3.63) is 88.8 Å². The van der Waals surface area contributed by atoms with Crippen molar-refractivity contribution in [3.8, 4) is 27.3 Å². The van der Waals surface area contributed by atoms with E-state index >= 15 is 0 Å². The van der Waals surface area contributed by atoms with E-state index in [0.29, 0.717) is 23.3 Å². The van der Waals surface area contributed by atoms with E-state index in [1.54, 1.807) is 23.3 Å². The minimum atomic E-state index is -0.0369. The molecule has 1 saturated carbocycles. The van der Waals surface area contributed by atoms with Crippen molar-refractivity contribution < 1.29 is 9.53 Å². The van der Waals surface area contributed by atoms with Gasteiger partial charge in [-0.15, -0.1) is 11.3 Å². The maximum absolute atomic E-state index is 12.8. The highest BCUT2D eigenvalue weighted by Crippen LogP contribution is 2.36. The highest BCUT2D eigenvalue weighted by Gasteiger charge is 2.25. The van der Waals surface area contributed by atoms with Gasteiger partial charge in [0.05, 0.1) is 16.5 Å². The maximum Gasteiger partial charge on any atom is 0.261 e. The molecule has 2 aliphatic rings. The number of hydrogen-bond acceptors (Lipinski definition) is 6. The summed E-state index contributed by atoms with van der Waals surface area (Å²) < 4.78 is 9.23. The fourth-order valence-electron chi connectivity index (χ4n) is 4.53. The summed E-state index contributed by atoms with van der Waals surface area (Å²) in [5, 5.41) is 1.64. The first kappa shape index (κ1) is 23.3. The Bertz CT molecular complexity index is 1400. The SMILES string of the molecule is Cc1ncc(-c2ccc(C[C@H]3COc4cc(-c5ccccc5C(=O)NSC5CC5)ccc4C3)nc2)s1. The summed E-state index contributed by atoms with van der Waals surface area (Å²) in [7, 11) is 0. The molecule has 2 aromatic carbocycles. The molecular weight excluding hydrogens is 486 g/mol. The fraction of sp³-hybridized carbons (Fsp3) is 0.276. The number of pyridine rings is 1. The normalized spacial score (nSPS) is 16.8. The van der Waals surface area contributed by atoms with Crippen LogP contribution in [0, 0.1) is 12.8 Å². The number of benzene rings is 2. The summed E-state index contributed by atoms with van der Waals surface area (Å²) in [5.41, 5.74) is 6.03. The van der Waals surface area contributed by atoms with Crippen LogP contribution in [0.4, 0.5) is 0 Å². The molecule has 0 unspecified atom stereocenters. The van der Waals surface area contributed by atoms with Gasteiger partial charge in [0.25, 0.3) is 5.91 Å². The molecule has 36 heavy (non-hydrogen) atoms. The minimum Gasteiger partial charge on any atom is -0.493 e. The largest absolute Gasteiger partial charge is 0.493 e. The standard InChI is InChI=1S/C29H27N3O2S2/c1-18-30-16-28(35-18)22-8-9-23(31-15-22)13-19-12-21-7-6-20(14-27(21)34-17-19)25-4-2-3-5-26(25)29(33)32-36-24-10-11-24/h2-9,14-16,19,24H,10-13,17H2,1H3,(H,32,33)/t19-/m0/s1. The highest BCUT2D eigenvalue weighted by atomic mass is 32.2. The van der Waals surface area contributed by atoms with E-state index in [-0.39, 0.29) is 5.91 Å². The van der Waals surface area contributed by atoms with Crippen LogP contribution in [-0.2, 0) is 12.8 Å². The maximum atomic E-state index is 12.8. The van der Waals surface area contributed by atoms with E-state index in [2.05, 4.69) is 40.0 Å². The summed E-state index contributed by atoms with van der Waals surface area (Å²) >= 11 is 3.23. The quantitative estimate of drug-likeness (QED) is 0.285. The molecular formula is C29H27N3O2S2. The van der Waals surface area contributed by atoms with Gasteiger partial charge in [0.2, 0.25) is 0 Å². The third kappa shape index (κ3) is 5.18. The van der Waals surface area contributed by atoms with Gasteiger partial charge in [-0.2, -0.15) is 0 Å². The molecule has 1 aliphatic carbocycles. The first-order valence-corrected chi connectivity index (χ1v) is 14.0. The Kier molecular flexibility index (Phi) is 6.50. The molecule has 0 spiro atoms. The number of amides is 1. The van der Waals surface area contributed by atoms with Crippen LogP contribution in [0.25, 0.3) is 21.6 Å². The van der Waals surface area contributed by atoms with Gasteiger partial charge in [-0.1, -0.05) is 36.4 Å². The number of aryl methyl sites for hydroxylation is 1. The molecule has 5 nitrogen and oxygen atoms in total. The Labute approximate surface area is 219 Å². The van der Waals surface area contributed by atoms with E-state index in [1.807, 2.05) is 43.6 Å². The third-order valence-corrected chi connectivity index (χ3v) is 8.67. The summed E-state index contributed by atoms with van der Waals surface area (Å²) in [6.45, 7) is 2.68.